The second kappa shape index (κ2) is 3.27. The molecule has 5 heteroatoms. The van der Waals surface area contributed by atoms with Gasteiger partial charge in [-0.05, 0) is 44.0 Å². The molecule has 0 saturated carbocycles. The van der Waals surface area contributed by atoms with Crippen molar-refractivity contribution >= 4 is 74.8 Å². The fraction of sp³-hybridized carbons (Fsp3) is 0. The summed E-state index contributed by atoms with van der Waals surface area (Å²) < 4.78 is 3.52. The molecule has 14 heavy (non-hydrogen) atoms. The SMILES string of the molecule is Brc1cc2c(cnc3sc(Br)cc32)s1. The van der Waals surface area contributed by atoms with Crippen LogP contribution >= 0.6 is 54.5 Å². The minimum Gasteiger partial charge on any atom is -0.244 e. The first-order chi connectivity index (χ1) is 6.74. The molecular weight excluding hydrogens is 346 g/mol. The Bertz CT molecular complexity index is 571. The van der Waals surface area contributed by atoms with Gasteiger partial charge in [-0.15, -0.1) is 22.7 Å². The van der Waals surface area contributed by atoms with Crippen LogP contribution in [0.3, 0.4) is 0 Å². The van der Waals surface area contributed by atoms with Crippen LogP contribution < -0.4 is 0 Å². The second-order valence-corrected chi connectivity index (χ2v) is 7.73. The zero-order valence-electron chi connectivity index (χ0n) is 6.75. The van der Waals surface area contributed by atoms with Crippen LogP contribution in [0.1, 0.15) is 0 Å². The summed E-state index contributed by atoms with van der Waals surface area (Å²) in [6, 6.07) is 4.29. The largest absolute Gasteiger partial charge is 0.244 e. The van der Waals surface area contributed by atoms with Gasteiger partial charge in [0.1, 0.15) is 4.83 Å². The van der Waals surface area contributed by atoms with Gasteiger partial charge in [0.25, 0.3) is 0 Å². The minimum atomic E-state index is 1.09. The Morgan fingerprint density at radius 1 is 1.00 bits per heavy atom. The molecule has 0 N–H and O–H groups in total. The third-order valence-corrected chi connectivity index (χ3v) is 5.12. The van der Waals surface area contributed by atoms with E-state index in [2.05, 4.69) is 49.0 Å². The molecule has 3 aromatic heterocycles. The van der Waals surface area contributed by atoms with E-state index in [1.54, 1.807) is 22.7 Å². The Morgan fingerprint density at radius 2 is 1.71 bits per heavy atom. The maximum atomic E-state index is 4.42. The lowest BCUT2D eigenvalue weighted by Crippen LogP contribution is -1.69. The zero-order chi connectivity index (χ0) is 9.71. The summed E-state index contributed by atoms with van der Waals surface area (Å²) in [6.45, 7) is 0. The molecule has 0 aromatic carbocycles. The molecular formula is C9H3Br2NS2. The number of hydrogen-bond donors (Lipinski definition) is 0. The van der Waals surface area contributed by atoms with Crippen LogP contribution in [0.15, 0.2) is 25.9 Å². The van der Waals surface area contributed by atoms with Gasteiger partial charge in [0.05, 0.1) is 12.3 Å². The van der Waals surface area contributed by atoms with Crippen molar-refractivity contribution in [3.05, 3.63) is 25.9 Å². The Hall–Kier alpha value is 0.0300. The average molecular weight is 349 g/mol. The molecule has 0 aliphatic heterocycles. The van der Waals surface area contributed by atoms with Crippen molar-refractivity contribution < 1.29 is 0 Å². The summed E-state index contributed by atoms with van der Waals surface area (Å²) in [5.41, 5.74) is 0. The summed E-state index contributed by atoms with van der Waals surface area (Å²) in [5, 5.41) is 2.52. The van der Waals surface area contributed by atoms with Gasteiger partial charge in [0, 0.05) is 17.0 Å². The molecule has 70 valence electrons. The van der Waals surface area contributed by atoms with Crippen LogP contribution in [0.25, 0.3) is 20.3 Å². The predicted molar refractivity (Wildman–Crippen MR) is 70.4 cm³/mol. The number of thiophene rings is 2. The fourth-order valence-corrected chi connectivity index (χ4v) is 4.40. The highest BCUT2D eigenvalue weighted by atomic mass is 79.9. The number of nitrogens with zero attached hydrogens (tertiary/aromatic N) is 1. The van der Waals surface area contributed by atoms with Crippen LogP contribution in [0, 0.1) is 0 Å². The lowest BCUT2D eigenvalue weighted by Gasteiger charge is -1.89. The first-order valence-corrected chi connectivity index (χ1v) is 7.09. The van der Waals surface area contributed by atoms with E-state index in [4.69, 9.17) is 0 Å². The Labute approximate surface area is 105 Å². The monoisotopic (exact) mass is 347 g/mol. The summed E-state index contributed by atoms with van der Waals surface area (Å²) in [6.07, 6.45) is 1.94. The lowest BCUT2D eigenvalue weighted by atomic mass is 10.2. The maximum absolute atomic E-state index is 4.42. The average Bonchev–Trinajstić information content (AvgIpc) is 2.65. The van der Waals surface area contributed by atoms with E-state index < -0.39 is 0 Å². The molecule has 0 aliphatic rings. The number of hydrogen-bond acceptors (Lipinski definition) is 3. The Kier molecular flexibility index (Phi) is 2.16. The molecule has 0 bridgehead atoms. The Morgan fingerprint density at radius 3 is 2.57 bits per heavy atom. The number of aromatic nitrogens is 1. The number of pyridine rings is 1. The van der Waals surface area contributed by atoms with Crippen LogP contribution in [-0.2, 0) is 0 Å². The smallest absolute Gasteiger partial charge is 0.125 e. The molecule has 0 saturated heterocycles. The van der Waals surface area contributed by atoms with Gasteiger partial charge < -0.3 is 0 Å². The predicted octanol–water partition coefficient (Wildman–Crippen LogP) is 5.04. The molecule has 0 radical (unpaired) electrons. The van der Waals surface area contributed by atoms with Crippen molar-refractivity contribution in [1.82, 2.24) is 4.98 Å². The van der Waals surface area contributed by atoms with Crippen LogP contribution in [0.4, 0.5) is 0 Å². The van der Waals surface area contributed by atoms with Crippen molar-refractivity contribution in [2.45, 2.75) is 0 Å². The number of rotatable bonds is 0. The van der Waals surface area contributed by atoms with Gasteiger partial charge in [-0.3, -0.25) is 0 Å². The van der Waals surface area contributed by atoms with Crippen molar-refractivity contribution in [2.24, 2.45) is 0 Å². The summed E-state index contributed by atoms with van der Waals surface area (Å²) in [5.74, 6) is 0. The molecule has 3 rings (SSSR count). The zero-order valence-corrected chi connectivity index (χ0v) is 11.6. The van der Waals surface area contributed by atoms with E-state index in [1.807, 2.05) is 6.20 Å². The van der Waals surface area contributed by atoms with Crippen molar-refractivity contribution in [3.8, 4) is 0 Å². The molecule has 0 amide bonds. The Balaban J connectivity index is 2.58. The van der Waals surface area contributed by atoms with Crippen LogP contribution in [0.2, 0.25) is 0 Å². The molecule has 0 atom stereocenters. The first-order valence-electron chi connectivity index (χ1n) is 3.87. The van der Waals surface area contributed by atoms with E-state index in [0.29, 0.717) is 0 Å². The molecule has 3 heterocycles. The van der Waals surface area contributed by atoms with Crippen molar-refractivity contribution in [2.75, 3.05) is 0 Å². The van der Waals surface area contributed by atoms with Gasteiger partial charge in [-0.1, -0.05) is 0 Å². The fourth-order valence-electron chi connectivity index (χ4n) is 1.44. The normalized spacial score (nSPS) is 11.6. The van der Waals surface area contributed by atoms with Crippen molar-refractivity contribution in [3.63, 3.8) is 0 Å². The summed E-state index contributed by atoms with van der Waals surface area (Å²) in [4.78, 5) is 5.51. The highest BCUT2D eigenvalue weighted by Crippen LogP contribution is 2.37. The molecule has 0 fully saturated rings. The van der Waals surface area contributed by atoms with E-state index >= 15 is 0 Å². The van der Waals surface area contributed by atoms with Gasteiger partial charge in [0.15, 0.2) is 0 Å². The number of halogens is 2. The van der Waals surface area contributed by atoms with Crippen LogP contribution in [0.5, 0.6) is 0 Å². The van der Waals surface area contributed by atoms with E-state index in [9.17, 15) is 0 Å². The third kappa shape index (κ3) is 1.34. The van der Waals surface area contributed by atoms with Gasteiger partial charge in [-0.25, -0.2) is 4.98 Å². The quantitative estimate of drug-likeness (QED) is 0.554. The van der Waals surface area contributed by atoms with E-state index in [-0.39, 0.29) is 0 Å². The summed E-state index contributed by atoms with van der Waals surface area (Å²) >= 11 is 10.4. The van der Waals surface area contributed by atoms with Gasteiger partial charge in [0.2, 0.25) is 0 Å². The highest BCUT2D eigenvalue weighted by molar-refractivity contribution is 9.11. The third-order valence-electron chi connectivity index (χ3n) is 2.00. The van der Waals surface area contributed by atoms with Gasteiger partial charge >= 0.3 is 0 Å². The molecule has 3 aromatic rings. The van der Waals surface area contributed by atoms with E-state index in [1.165, 1.54) is 15.5 Å². The lowest BCUT2D eigenvalue weighted by molar-refractivity contribution is 1.49. The molecule has 1 nitrogen and oxygen atoms in total. The second-order valence-electron chi connectivity index (χ2n) is 2.86. The molecule has 0 unspecified atom stereocenters. The topological polar surface area (TPSA) is 12.9 Å². The minimum absolute atomic E-state index is 1.09. The molecule has 0 spiro atoms. The molecule has 0 aliphatic carbocycles. The van der Waals surface area contributed by atoms with Crippen LogP contribution in [-0.4, -0.2) is 4.98 Å². The maximum Gasteiger partial charge on any atom is 0.125 e. The summed E-state index contributed by atoms with van der Waals surface area (Å²) in [7, 11) is 0. The standard InChI is InChI=1S/C9H3Br2NS2/c10-7-1-4-5-2-8(11)14-9(5)12-3-6(4)13-7/h1-3H. The van der Waals surface area contributed by atoms with E-state index in [0.717, 1.165) is 12.4 Å². The highest BCUT2D eigenvalue weighted by Gasteiger charge is 2.07. The first kappa shape index (κ1) is 9.27. The van der Waals surface area contributed by atoms with Gasteiger partial charge in [-0.2, -0.15) is 0 Å². The van der Waals surface area contributed by atoms with Crippen molar-refractivity contribution in [1.29, 1.82) is 0 Å². The number of fused-ring (bicyclic) bond motifs is 3.